The molecule has 2 aromatic carbocycles. The largest absolute Gasteiger partial charge is 0.398 e. The SMILES string of the molecule is Cc1c(N)cccc1NC(=O)c1ccc(C(C)(C)C)cc1. The summed E-state index contributed by atoms with van der Waals surface area (Å²) in [5.41, 5.74) is 10.1. The van der Waals surface area contributed by atoms with E-state index in [4.69, 9.17) is 5.73 Å². The van der Waals surface area contributed by atoms with Gasteiger partial charge in [0.05, 0.1) is 0 Å². The van der Waals surface area contributed by atoms with Gasteiger partial charge in [0.2, 0.25) is 0 Å². The van der Waals surface area contributed by atoms with Crippen molar-refractivity contribution in [1.82, 2.24) is 0 Å². The van der Waals surface area contributed by atoms with Gasteiger partial charge < -0.3 is 11.1 Å². The number of hydrogen-bond donors (Lipinski definition) is 2. The van der Waals surface area contributed by atoms with E-state index in [1.165, 1.54) is 5.56 Å². The second kappa shape index (κ2) is 5.60. The molecule has 0 radical (unpaired) electrons. The van der Waals surface area contributed by atoms with E-state index in [2.05, 4.69) is 26.1 Å². The minimum absolute atomic E-state index is 0.0828. The van der Waals surface area contributed by atoms with Gasteiger partial charge in [-0.15, -0.1) is 0 Å². The van der Waals surface area contributed by atoms with Crippen LogP contribution in [-0.2, 0) is 5.41 Å². The quantitative estimate of drug-likeness (QED) is 0.814. The molecule has 0 saturated carbocycles. The summed E-state index contributed by atoms with van der Waals surface area (Å²) < 4.78 is 0. The third-order valence-electron chi connectivity index (χ3n) is 3.64. The summed E-state index contributed by atoms with van der Waals surface area (Å²) in [6.07, 6.45) is 0. The second-order valence-electron chi connectivity index (χ2n) is 6.30. The molecule has 1 amide bonds. The zero-order chi connectivity index (χ0) is 15.6. The normalized spacial score (nSPS) is 11.2. The van der Waals surface area contributed by atoms with Crippen LogP contribution in [-0.4, -0.2) is 5.91 Å². The Hall–Kier alpha value is -2.29. The Morgan fingerprint density at radius 1 is 1.05 bits per heavy atom. The highest BCUT2D eigenvalue weighted by molar-refractivity contribution is 6.05. The predicted molar refractivity (Wildman–Crippen MR) is 88.7 cm³/mol. The Kier molecular flexibility index (Phi) is 4.03. The van der Waals surface area contributed by atoms with Gasteiger partial charge in [0, 0.05) is 16.9 Å². The lowest BCUT2D eigenvalue weighted by Crippen LogP contribution is -2.15. The minimum atomic E-state index is -0.121. The summed E-state index contributed by atoms with van der Waals surface area (Å²) >= 11 is 0. The zero-order valence-corrected chi connectivity index (χ0v) is 13.0. The average Bonchev–Trinajstić information content (AvgIpc) is 2.43. The van der Waals surface area contributed by atoms with Crippen molar-refractivity contribution in [3.05, 3.63) is 59.2 Å². The highest BCUT2D eigenvalue weighted by atomic mass is 16.1. The van der Waals surface area contributed by atoms with Gasteiger partial charge in [0.15, 0.2) is 0 Å². The maximum absolute atomic E-state index is 12.3. The molecule has 2 aromatic rings. The molecule has 0 heterocycles. The molecule has 21 heavy (non-hydrogen) atoms. The summed E-state index contributed by atoms with van der Waals surface area (Å²) in [5.74, 6) is -0.121. The first kappa shape index (κ1) is 15.1. The van der Waals surface area contributed by atoms with Gasteiger partial charge in [-0.1, -0.05) is 39.0 Å². The number of amides is 1. The summed E-state index contributed by atoms with van der Waals surface area (Å²) in [6.45, 7) is 8.35. The van der Waals surface area contributed by atoms with E-state index in [0.29, 0.717) is 11.3 Å². The summed E-state index contributed by atoms with van der Waals surface area (Å²) in [7, 11) is 0. The van der Waals surface area contributed by atoms with Crippen molar-refractivity contribution in [2.45, 2.75) is 33.1 Å². The third-order valence-corrected chi connectivity index (χ3v) is 3.64. The van der Waals surface area contributed by atoms with Crippen LogP contribution in [0.25, 0.3) is 0 Å². The fraction of sp³-hybridized carbons (Fsp3) is 0.278. The summed E-state index contributed by atoms with van der Waals surface area (Å²) in [5, 5.41) is 2.91. The first-order chi connectivity index (χ1) is 9.79. The molecule has 3 N–H and O–H groups in total. The van der Waals surface area contributed by atoms with Gasteiger partial charge in [-0.05, 0) is 47.7 Å². The van der Waals surface area contributed by atoms with Crippen molar-refractivity contribution < 1.29 is 4.79 Å². The Labute approximate surface area is 126 Å². The van der Waals surface area contributed by atoms with Gasteiger partial charge in [0.1, 0.15) is 0 Å². The highest BCUT2D eigenvalue weighted by Gasteiger charge is 2.14. The van der Waals surface area contributed by atoms with Crippen LogP contribution in [0.3, 0.4) is 0 Å². The number of carbonyl (C=O) groups excluding carboxylic acids is 1. The van der Waals surface area contributed by atoms with Crippen LogP contribution in [0, 0.1) is 6.92 Å². The van der Waals surface area contributed by atoms with Gasteiger partial charge >= 0.3 is 0 Å². The van der Waals surface area contributed by atoms with Gasteiger partial charge in [0.25, 0.3) is 5.91 Å². The monoisotopic (exact) mass is 282 g/mol. The molecule has 0 saturated heterocycles. The van der Waals surface area contributed by atoms with Crippen molar-refractivity contribution in [2.75, 3.05) is 11.1 Å². The molecule has 0 bridgehead atoms. The smallest absolute Gasteiger partial charge is 0.255 e. The number of rotatable bonds is 2. The van der Waals surface area contributed by atoms with Crippen LogP contribution < -0.4 is 11.1 Å². The van der Waals surface area contributed by atoms with Crippen molar-refractivity contribution in [3.8, 4) is 0 Å². The fourth-order valence-electron chi connectivity index (χ4n) is 2.11. The standard InChI is InChI=1S/C18H22N2O/c1-12-15(19)6-5-7-16(12)20-17(21)13-8-10-14(11-9-13)18(2,3)4/h5-11H,19H2,1-4H3,(H,20,21). The minimum Gasteiger partial charge on any atom is -0.398 e. The lowest BCUT2D eigenvalue weighted by molar-refractivity contribution is 0.102. The van der Waals surface area contributed by atoms with E-state index in [0.717, 1.165) is 11.3 Å². The number of benzene rings is 2. The predicted octanol–water partition coefficient (Wildman–Crippen LogP) is 4.13. The maximum Gasteiger partial charge on any atom is 0.255 e. The number of carbonyl (C=O) groups is 1. The second-order valence-corrected chi connectivity index (χ2v) is 6.30. The van der Waals surface area contributed by atoms with E-state index in [1.54, 1.807) is 0 Å². The van der Waals surface area contributed by atoms with Crippen LogP contribution in [0.5, 0.6) is 0 Å². The topological polar surface area (TPSA) is 55.1 Å². The van der Waals surface area contributed by atoms with Crippen LogP contribution in [0.2, 0.25) is 0 Å². The molecule has 110 valence electrons. The molecule has 0 fully saturated rings. The average molecular weight is 282 g/mol. The molecule has 0 spiro atoms. The Bertz CT molecular complexity index is 652. The van der Waals surface area contributed by atoms with Crippen molar-refractivity contribution >= 4 is 17.3 Å². The van der Waals surface area contributed by atoms with Crippen LogP contribution in [0.1, 0.15) is 42.3 Å². The Morgan fingerprint density at radius 3 is 2.24 bits per heavy atom. The number of nitrogens with one attached hydrogen (secondary N) is 1. The van der Waals surface area contributed by atoms with Crippen molar-refractivity contribution in [2.24, 2.45) is 0 Å². The van der Waals surface area contributed by atoms with Gasteiger partial charge in [-0.2, -0.15) is 0 Å². The molecular formula is C18H22N2O. The Balaban J connectivity index is 2.19. The molecule has 0 aromatic heterocycles. The molecule has 0 unspecified atom stereocenters. The van der Waals surface area contributed by atoms with Crippen molar-refractivity contribution in [3.63, 3.8) is 0 Å². The van der Waals surface area contributed by atoms with Gasteiger partial charge in [-0.25, -0.2) is 0 Å². The lowest BCUT2D eigenvalue weighted by atomic mass is 9.87. The molecule has 0 atom stereocenters. The first-order valence-corrected chi connectivity index (χ1v) is 7.06. The lowest BCUT2D eigenvalue weighted by Gasteiger charge is -2.19. The summed E-state index contributed by atoms with van der Waals surface area (Å²) in [4.78, 5) is 12.3. The number of nitrogen functional groups attached to an aromatic ring is 1. The van der Waals surface area contributed by atoms with E-state index in [1.807, 2.05) is 49.4 Å². The highest BCUT2D eigenvalue weighted by Crippen LogP contribution is 2.24. The molecule has 2 rings (SSSR count). The molecule has 3 nitrogen and oxygen atoms in total. The van der Waals surface area contributed by atoms with E-state index < -0.39 is 0 Å². The third kappa shape index (κ3) is 3.43. The molecule has 0 aliphatic carbocycles. The first-order valence-electron chi connectivity index (χ1n) is 7.06. The van der Waals surface area contributed by atoms with Crippen molar-refractivity contribution in [1.29, 1.82) is 0 Å². The van der Waals surface area contributed by atoms with Crippen LogP contribution in [0.4, 0.5) is 11.4 Å². The fourth-order valence-corrected chi connectivity index (χ4v) is 2.11. The molecule has 3 heteroatoms. The number of hydrogen-bond acceptors (Lipinski definition) is 2. The van der Waals surface area contributed by atoms with E-state index in [-0.39, 0.29) is 11.3 Å². The molecule has 0 aliphatic rings. The summed E-state index contributed by atoms with van der Waals surface area (Å²) in [6, 6.07) is 13.2. The van der Waals surface area contributed by atoms with E-state index in [9.17, 15) is 4.79 Å². The number of nitrogens with two attached hydrogens (primary N) is 1. The zero-order valence-electron chi connectivity index (χ0n) is 13.0. The van der Waals surface area contributed by atoms with E-state index >= 15 is 0 Å². The Morgan fingerprint density at radius 2 is 1.67 bits per heavy atom. The number of anilines is 2. The van der Waals surface area contributed by atoms with Crippen LogP contribution in [0.15, 0.2) is 42.5 Å². The molecule has 0 aliphatic heterocycles. The maximum atomic E-state index is 12.3. The van der Waals surface area contributed by atoms with Crippen LogP contribution >= 0.6 is 0 Å². The van der Waals surface area contributed by atoms with Gasteiger partial charge in [-0.3, -0.25) is 4.79 Å². The molecular weight excluding hydrogens is 260 g/mol.